The quantitative estimate of drug-likeness (QED) is 0.849. The van der Waals surface area contributed by atoms with Crippen LogP contribution in [0.1, 0.15) is 18.7 Å². The molecule has 0 bridgehead atoms. The third-order valence-corrected chi connectivity index (χ3v) is 4.61. The molecule has 1 unspecified atom stereocenters. The highest BCUT2D eigenvalue weighted by Gasteiger charge is 2.19. The van der Waals surface area contributed by atoms with E-state index >= 15 is 0 Å². The lowest BCUT2D eigenvalue weighted by atomic mass is 10.2. The predicted octanol–water partition coefficient (Wildman–Crippen LogP) is 2.36. The predicted molar refractivity (Wildman–Crippen MR) is 78.8 cm³/mol. The average Bonchev–Trinajstić information content (AvgIpc) is 2.42. The molecule has 0 aliphatic rings. The molecule has 1 aromatic carbocycles. The number of aromatic nitrogens is 1. The van der Waals surface area contributed by atoms with Gasteiger partial charge in [0.05, 0.1) is 27.3 Å². The minimum Gasteiger partial charge on any atom is -0.398 e. The second-order valence-corrected chi connectivity index (χ2v) is 6.40. The highest BCUT2D eigenvalue weighted by molar-refractivity contribution is 7.89. The van der Waals surface area contributed by atoms with E-state index in [2.05, 4.69) is 9.71 Å². The van der Waals surface area contributed by atoms with E-state index in [-0.39, 0.29) is 9.92 Å². The Hall–Kier alpha value is -1.63. The van der Waals surface area contributed by atoms with Crippen LogP contribution in [-0.2, 0) is 10.0 Å². The monoisotopic (exact) mass is 311 g/mol. The average molecular weight is 312 g/mol. The molecule has 1 heterocycles. The van der Waals surface area contributed by atoms with E-state index in [9.17, 15) is 8.42 Å². The minimum absolute atomic E-state index is 0.0690. The lowest BCUT2D eigenvalue weighted by molar-refractivity contribution is 0.564. The van der Waals surface area contributed by atoms with Crippen LogP contribution in [0.25, 0.3) is 0 Å². The number of hydrogen-bond donors (Lipinski definition) is 2. The third kappa shape index (κ3) is 3.27. The molecule has 0 fully saturated rings. The van der Waals surface area contributed by atoms with Crippen LogP contribution in [0.4, 0.5) is 5.69 Å². The van der Waals surface area contributed by atoms with Crippen molar-refractivity contribution >= 4 is 27.3 Å². The summed E-state index contributed by atoms with van der Waals surface area (Å²) in [7, 11) is -3.68. The third-order valence-electron chi connectivity index (χ3n) is 2.75. The maximum atomic E-state index is 12.2. The molecule has 0 aliphatic carbocycles. The molecule has 0 amide bonds. The fourth-order valence-corrected chi connectivity index (χ4v) is 3.16. The summed E-state index contributed by atoms with van der Waals surface area (Å²) in [5, 5.41) is 0.207. The van der Waals surface area contributed by atoms with E-state index in [4.69, 9.17) is 17.3 Å². The Kier molecular flexibility index (Phi) is 4.27. The minimum atomic E-state index is -3.68. The molecule has 5 nitrogen and oxygen atoms in total. The zero-order valence-electron chi connectivity index (χ0n) is 10.7. The molecular weight excluding hydrogens is 298 g/mol. The molecule has 1 atom stereocenters. The van der Waals surface area contributed by atoms with Gasteiger partial charge in [-0.3, -0.25) is 4.98 Å². The summed E-state index contributed by atoms with van der Waals surface area (Å²) in [5.74, 6) is 0. The van der Waals surface area contributed by atoms with Gasteiger partial charge in [-0.1, -0.05) is 17.7 Å². The van der Waals surface area contributed by atoms with Gasteiger partial charge in [-0.15, -0.1) is 0 Å². The number of sulfonamides is 1. The molecule has 2 aromatic rings. The number of halogens is 1. The smallest absolute Gasteiger partial charge is 0.241 e. The zero-order chi connectivity index (χ0) is 14.8. The number of benzene rings is 1. The number of nitrogens with one attached hydrogen (secondary N) is 1. The van der Waals surface area contributed by atoms with E-state index in [1.54, 1.807) is 31.3 Å². The molecular formula is C13H14ClN3O2S. The molecule has 106 valence electrons. The maximum absolute atomic E-state index is 12.2. The molecule has 0 saturated carbocycles. The van der Waals surface area contributed by atoms with E-state index in [1.165, 1.54) is 18.2 Å². The molecule has 0 radical (unpaired) electrons. The fourth-order valence-electron chi connectivity index (χ4n) is 1.67. The second kappa shape index (κ2) is 5.78. The van der Waals surface area contributed by atoms with Gasteiger partial charge in [0, 0.05) is 6.20 Å². The molecule has 1 aromatic heterocycles. The normalized spacial score (nSPS) is 13.1. The fraction of sp³-hybridized carbons (Fsp3) is 0.154. The van der Waals surface area contributed by atoms with Crippen LogP contribution in [0.5, 0.6) is 0 Å². The second-order valence-electron chi connectivity index (χ2n) is 4.28. The summed E-state index contributed by atoms with van der Waals surface area (Å²) < 4.78 is 27.0. The SMILES string of the molecule is CC(NS(=O)(=O)c1ccc(N)c(Cl)c1)c1ccccn1. The number of nitrogen functional groups attached to an aromatic ring is 1. The van der Waals surface area contributed by atoms with Crippen molar-refractivity contribution in [3.05, 3.63) is 53.3 Å². The van der Waals surface area contributed by atoms with E-state index in [1.807, 2.05) is 0 Å². The Balaban J connectivity index is 2.25. The van der Waals surface area contributed by atoms with Gasteiger partial charge in [-0.2, -0.15) is 0 Å². The van der Waals surface area contributed by atoms with Gasteiger partial charge in [0.2, 0.25) is 10.0 Å². The summed E-state index contributed by atoms with van der Waals surface area (Å²) in [5.41, 5.74) is 6.54. The molecule has 20 heavy (non-hydrogen) atoms. The summed E-state index contributed by atoms with van der Waals surface area (Å²) >= 11 is 5.84. The Morgan fingerprint density at radius 2 is 2.05 bits per heavy atom. The number of hydrogen-bond acceptors (Lipinski definition) is 4. The number of nitrogens with two attached hydrogens (primary N) is 1. The van der Waals surface area contributed by atoms with Crippen LogP contribution in [0.15, 0.2) is 47.5 Å². The number of pyridine rings is 1. The Morgan fingerprint density at radius 3 is 2.65 bits per heavy atom. The molecule has 3 N–H and O–H groups in total. The van der Waals surface area contributed by atoms with Crippen molar-refractivity contribution in [3.8, 4) is 0 Å². The first-order valence-corrected chi connectivity index (χ1v) is 7.74. The topological polar surface area (TPSA) is 85.1 Å². The van der Waals surface area contributed by atoms with Crippen molar-refractivity contribution < 1.29 is 8.42 Å². The van der Waals surface area contributed by atoms with Gasteiger partial charge in [-0.05, 0) is 37.3 Å². The Morgan fingerprint density at radius 1 is 1.30 bits per heavy atom. The van der Waals surface area contributed by atoms with E-state index < -0.39 is 16.1 Å². The van der Waals surface area contributed by atoms with E-state index in [0.29, 0.717) is 11.4 Å². The molecule has 0 spiro atoms. The van der Waals surface area contributed by atoms with Crippen LogP contribution in [0, 0.1) is 0 Å². The maximum Gasteiger partial charge on any atom is 0.241 e. The number of nitrogens with zero attached hydrogens (tertiary/aromatic N) is 1. The van der Waals surface area contributed by atoms with Crippen molar-refractivity contribution in [2.45, 2.75) is 17.9 Å². The highest BCUT2D eigenvalue weighted by Crippen LogP contribution is 2.23. The lowest BCUT2D eigenvalue weighted by Gasteiger charge is -2.14. The molecule has 7 heteroatoms. The van der Waals surface area contributed by atoms with Gasteiger partial charge < -0.3 is 5.73 Å². The van der Waals surface area contributed by atoms with Crippen LogP contribution >= 0.6 is 11.6 Å². The first-order chi connectivity index (χ1) is 9.40. The summed E-state index contributed by atoms with van der Waals surface area (Å²) in [4.78, 5) is 4.18. The van der Waals surface area contributed by atoms with Crippen molar-refractivity contribution in [2.24, 2.45) is 0 Å². The highest BCUT2D eigenvalue weighted by atomic mass is 35.5. The van der Waals surface area contributed by atoms with Gasteiger partial charge in [-0.25, -0.2) is 13.1 Å². The van der Waals surface area contributed by atoms with Crippen LogP contribution < -0.4 is 10.5 Å². The van der Waals surface area contributed by atoms with E-state index in [0.717, 1.165) is 0 Å². The number of rotatable bonds is 4. The van der Waals surface area contributed by atoms with Gasteiger partial charge in [0.1, 0.15) is 0 Å². The Labute approximate surface area is 122 Å². The van der Waals surface area contributed by atoms with Crippen molar-refractivity contribution in [2.75, 3.05) is 5.73 Å². The molecule has 0 aliphatic heterocycles. The number of anilines is 1. The standard InChI is InChI=1S/C13H14ClN3O2S/c1-9(13-4-2-3-7-16-13)17-20(18,19)10-5-6-12(15)11(14)8-10/h2-9,17H,15H2,1H3. The Bertz CT molecular complexity index is 705. The van der Waals surface area contributed by atoms with Crippen LogP contribution in [-0.4, -0.2) is 13.4 Å². The van der Waals surface area contributed by atoms with Crippen LogP contribution in [0.2, 0.25) is 5.02 Å². The first-order valence-electron chi connectivity index (χ1n) is 5.88. The van der Waals surface area contributed by atoms with Crippen LogP contribution in [0.3, 0.4) is 0 Å². The van der Waals surface area contributed by atoms with Gasteiger partial charge in [0.25, 0.3) is 0 Å². The van der Waals surface area contributed by atoms with Gasteiger partial charge >= 0.3 is 0 Å². The van der Waals surface area contributed by atoms with Crippen molar-refractivity contribution in [3.63, 3.8) is 0 Å². The molecule has 2 rings (SSSR count). The summed E-state index contributed by atoms with van der Waals surface area (Å²) in [6.45, 7) is 1.72. The first kappa shape index (κ1) is 14.8. The largest absolute Gasteiger partial charge is 0.398 e. The zero-order valence-corrected chi connectivity index (χ0v) is 12.3. The summed E-state index contributed by atoms with van der Waals surface area (Å²) in [6.07, 6.45) is 1.61. The summed E-state index contributed by atoms with van der Waals surface area (Å²) in [6, 6.07) is 9.07. The lowest BCUT2D eigenvalue weighted by Crippen LogP contribution is -2.27. The van der Waals surface area contributed by atoms with Crippen molar-refractivity contribution in [1.29, 1.82) is 0 Å². The van der Waals surface area contributed by atoms with Gasteiger partial charge in [0.15, 0.2) is 0 Å². The molecule has 0 saturated heterocycles. The van der Waals surface area contributed by atoms with Crippen molar-refractivity contribution in [1.82, 2.24) is 9.71 Å².